The van der Waals surface area contributed by atoms with Crippen LogP contribution in [0.2, 0.25) is 0 Å². The lowest BCUT2D eigenvalue weighted by molar-refractivity contribution is -0.152. The van der Waals surface area contributed by atoms with Crippen LogP contribution in [0.3, 0.4) is 0 Å². The van der Waals surface area contributed by atoms with E-state index in [1.165, 1.54) is 12.1 Å². The van der Waals surface area contributed by atoms with Gasteiger partial charge in [0, 0.05) is 0 Å². The Kier molecular flexibility index (Phi) is 5.82. The SMILES string of the molecule is CCOC(=O)c1c(C)oc2nc(COC(=O)C3(c4ccc(F)cc4)CCCC3)nc(N)c12. The summed E-state index contributed by atoms with van der Waals surface area (Å²) in [6.07, 6.45) is 3.01. The summed E-state index contributed by atoms with van der Waals surface area (Å²) in [6.45, 7) is 3.30. The molecule has 0 aliphatic heterocycles. The average Bonchev–Trinajstić information content (AvgIpc) is 3.38. The number of carbonyl (C=O) groups is 2. The fraction of sp³-hybridized carbons (Fsp3) is 0.391. The number of anilines is 1. The average molecular weight is 441 g/mol. The van der Waals surface area contributed by atoms with Crippen molar-refractivity contribution in [2.75, 3.05) is 12.3 Å². The third kappa shape index (κ3) is 3.79. The predicted molar refractivity (Wildman–Crippen MR) is 113 cm³/mol. The second-order valence-corrected chi connectivity index (χ2v) is 7.83. The van der Waals surface area contributed by atoms with Gasteiger partial charge in [-0.3, -0.25) is 4.79 Å². The molecule has 2 heterocycles. The number of furan rings is 1. The first kappa shape index (κ1) is 21.7. The maximum atomic E-state index is 13.4. The molecule has 32 heavy (non-hydrogen) atoms. The van der Waals surface area contributed by atoms with Crippen molar-refractivity contribution in [1.82, 2.24) is 9.97 Å². The molecule has 0 radical (unpaired) electrons. The molecule has 3 aromatic rings. The Bertz CT molecular complexity index is 1170. The van der Waals surface area contributed by atoms with Crippen LogP contribution in [-0.2, 0) is 26.3 Å². The van der Waals surface area contributed by atoms with Crippen molar-refractivity contribution in [3.05, 3.63) is 52.8 Å². The van der Waals surface area contributed by atoms with E-state index in [1.807, 2.05) is 0 Å². The van der Waals surface area contributed by atoms with E-state index in [0.717, 1.165) is 18.4 Å². The van der Waals surface area contributed by atoms with Crippen LogP contribution in [0.25, 0.3) is 11.1 Å². The predicted octanol–water partition coefficient (Wildman–Crippen LogP) is 3.98. The minimum Gasteiger partial charge on any atom is -0.462 e. The number of halogens is 1. The van der Waals surface area contributed by atoms with Gasteiger partial charge in [0.1, 0.15) is 23.0 Å². The lowest BCUT2D eigenvalue weighted by Gasteiger charge is -2.27. The zero-order chi connectivity index (χ0) is 22.9. The first-order valence-electron chi connectivity index (χ1n) is 10.5. The number of hydrogen-bond donors (Lipinski definition) is 1. The summed E-state index contributed by atoms with van der Waals surface area (Å²) in [4.78, 5) is 33.8. The minimum absolute atomic E-state index is 0.0371. The minimum atomic E-state index is -0.818. The maximum Gasteiger partial charge on any atom is 0.342 e. The second kappa shape index (κ2) is 8.57. The molecule has 4 rings (SSSR count). The lowest BCUT2D eigenvalue weighted by atomic mass is 9.79. The first-order valence-corrected chi connectivity index (χ1v) is 10.5. The van der Waals surface area contributed by atoms with E-state index in [1.54, 1.807) is 26.0 Å². The number of fused-ring (bicyclic) bond motifs is 1. The van der Waals surface area contributed by atoms with Gasteiger partial charge in [0.2, 0.25) is 5.71 Å². The van der Waals surface area contributed by atoms with Crippen LogP contribution < -0.4 is 5.73 Å². The molecule has 1 saturated carbocycles. The van der Waals surface area contributed by atoms with Gasteiger partial charge in [-0.2, -0.15) is 4.98 Å². The van der Waals surface area contributed by atoms with Crippen molar-refractivity contribution in [2.24, 2.45) is 0 Å². The molecular formula is C23H24FN3O5. The number of nitrogens with zero attached hydrogens (tertiary/aromatic N) is 2. The smallest absolute Gasteiger partial charge is 0.342 e. The molecule has 0 spiro atoms. The number of ether oxygens (including phenoxy) is 2. The van der Waals surface area contributed by atoms with Crippen LogP contribution in [0, 0.1) is 12.7 Å². The third-order valence-corrected chi connectivity index (χ3v) is 5.86. The van der Waals surface area contributed by atoms with Crippen molar-refractivity contribution in [3.8, 4) is 0 Å². The van der Waals surface area contributed by atoms with E-state index in [-0.39, 0.29) is 47.3 Å². The van der Waals surface area contributed by atoms with Crippen molar-refractivity contribution in [2.45, 2.75) is 51.6 Å². The number of aryl methyl sites for hydroxylation is 1. The second-order valence-electron chi connectivity index (χ2n) is 7.83. The fourth-order valence-corrected chi connectivity index (χ4v) is 4.32. The monoisotopic (exact) mass is 441 g/mol. The lowest BCUT2D eigenvalue weighted by Crippen LogP contribution is -2.34. The summed E-state index contributed by atoms with van der Waals surface area (Å²) < 4.78 is 29.6. The van der Waals surface area contributed by atoms with Crippen molar-refractivity contribution < 1.29 is 27.9 Å². The largest absolute Gasteiger partial charge is 0.462 e. The van der Waals surface area contributed by atoms with Gasteiger partial charge in [-0.1, -0.05) is 25.0 Å². The highest BCUT2D eigenvalue weighted by atomic mass is 19.1. The number of esters is 2. The van der Waals surface area contributed by atoms with E-state index in [4.69, 9.17) is 19.6 Å². The summed E-state index contributed by atoms with van der Waals surface area (Å²) in [6, 6.07) is 5.96. The number of aromatic nitrogens is 2. The van der Waals surface area contributed by atoms with Gasteiger partial charge in [0.15, 0.2) is 12.4 Å². The summed E-state index contributed by atoms with van der Waals surface area (Å²) in [5, 5.41) is 0.273. The highest BCUT2D eigenvalue weighted by Crippen LogP contribution is 2.42. The summed E-state index contributed by atoms with van der Waals surface area (Å²) in [5.41, 5.74) is 6.29. The Morgan fingerprint density at radius 1 is 1.16 bits per heavy atom. The number of hydrogen-bond acceptors (Lipinski definition) is 8. The number of nitrogen functional groups attached to an aromatic ring is 1. The zero-order valence-electron chi connectivity index (χ0n) is 17.9. The van der Waals surface area contributed by atoms with Gasteiger partial charge in [-0.25, -0.2) is 14.2 Å². The molecule has 0 bridgehead atoms. The number of rotatable bonds is 6. The molecule has 2 aromatic heterocycles. The molecule has 0 saturated heterocycles. The van der Waals surface area contributed by atoms with Crippen LogP contribution in [0.15, 0.2) is 28.7 Å². The van der Waals surface area contributed by atoms with Crippen LogP contribution in [0.4, 0.5) is 10.2 Å². The molecule has 0 atom stereocenters. The van der Waals surface area contributed by atoms with Crippen molar-refractivity contribution in [3.63, 3.8) is 0 Å². The van der Waals surface area contributed by atoms with E-state index in [2.05, 4.69) is 9.97 Å². The molecule has 9 heteroatoms. The van der Waals surface area contributed by atoms with Crippen molar-refractivity contribution >= 4 is 28.9 Å². The zero-order valence-corrected chi connectivity index (χ0v) is 17.9. The Labute approximate surface area is 183 Å². The summed E-state index contributed by atoms with van der Waals surface area (Å²) in [5.74, 6) is -0.833. The van der Waals surface area contributed by atoms with E-state index in [0.29, 0.717) is 18.6 Å². The molecule has 0 amide bonds. The van der Waals surface area contributed by atoms with Crippen LogP contribution in [0.1, 0.15) is 60.1 Å². The molecule has 2 N–H and O–H groups in total. The molecule has 8 nitrogen and oxygen atoms in total. The molecule has 1 aromatic carbocycles. The van der Waals surface area contributed by atoms with Crippen LogP contribution >= 0.6 is 0 Å². The number of benzene rings is 1. The molecule has 0 unspecified atom stereocenters. The first-order chi connectivity index (χ1) is 15.4. The highest BCUT2D eigenvalue weighted by molar-refractivity contribution is 6.07. The molecule has 1 aliphatic carbocycles. The third-order valence-electron chi connectivity index (χ3n) is 5.86. The topological polar surface area (TPSA) is 118 Å². The van der Waals surface area contributed by atoms with Gasteiger partial charge in [0.05, 0.1) is 17.4 Å². The van der Waals surface area contributed by atoms with E-state index >= 15 is 0 Å². The standard InChI is InChI=1S/C23H24FN3O5/c1-3-30-21(28)17-13(2)32-20-18(17)19(25)26-16(27-20)12-31-22(29)23(10-4-5-11-23)14-6-8-15(24)9-7-14/h6-9H,3-5,10-12H2,1-2H3,(H2,25,26,27). The maximum absolute atomic E-state index is 13.4. The number of nitrogens with two attached hydrogens (primary N) is 1. The Balaban J connectivity index is 1.58. The molecule has 1 aliphatic rings. The normalized spacial score (nSPS) is 15.1. The summed E-state index contributed by atoms with van der Waals surface area (Å²) >= 11 is 0. The van der Waals surface area contributed by atoms with Gasteiger partial charge >= 0.3 is 11.9 Å². The van der Waals surface area contributed by atoms with E-state index in [9.17, 15) is 14.0 Å². The van der Waals surface area contributed by atoms with Gasteiger partial charge in [-0.15, -0.1) is 0 Å². The van der Waals surface area contributed by atoms with Gasteiger partial charge in [0.25, 0.3) is 0 Å². The van der Waals surface area contributed by atoms with E-state index < -0.39 is 17.4 Å². The van der Waals surface area contributed by atoms with Crippen LogP contribution in [-0.4, -0.2) is 28.5 Å². The molecular weight excluding hydrogens is 417 g/mol. The Morgan fingerprint density at radius 3 is 2.50 bits per heavy atom. The Hall–Kier alpha value is -3.49. The quantitative estimate of drug-likeness (QED) is 0.571. The molecule has 1 fully saturated rings. The van der Waals surface area contributed by atoms with Gasteiger partial charge in [-0.05, 0) is 44.4 Å². The fourth-order valence-electron chi connectivity index (χ4n) is 4.32. The Morgan fingerprint density at radius 2 is 1.84 bits per heavy atom. The van der Waals surface area contributed by atoms with Gasteiger partial charge < -0.3 is 19.6 Å². The highest BCUT2D eigenvalue weighted by Gasteiger charge is 2.44. The van der Waals surface area contributed by atoms with Crippen LogP contribution in [0.5, 0.6) is 0 Å². The molecule has 168 valence electrons. The summed E-state index contributed by atoms with van der Waals surface area (Å²) in [7, 11) is 0. The number of carbonyl (C=O) groups excluding carboxylic acids is 2. The van der Waals surface area contributed by atoms with Crippen molar-refractivity contribution in [1.29, 1.82) is 0 Å².